The molecule has 0 bridgehead atoms. The molecule has 7 nitrogen and oxygen atoms in total. The Bertz CT molecular complexity index is 1350. The molecule has 0 aliphatic rings. The Morgan fingerprint density at radius 3 is 2.22 bits per heavy atom. The lowest BCUT2D eigenvalue weighted by molar-refractivity contribution is -0.138. The zero-order valence-electron chi connectivity index (χ0n) is 20.8. The molecule has 0 spiro atoms. The van der Waals surface area contributed by atoms with E-state index in [4.69, 9.17) is 23.2 Å². The number of benzene rings is 3. The van der Waals surface area contributed by atoms with Crippen molar-refractivity contribution in [2.75, 3.05) is 24.4 Å². The highest BCUT2D eigenvalue weighted by Crippen LogP contribution is 2.35. The monoisotopic (exact) mass is 561 g/mol. The van der Waals surface area contributed by atoms with E-state index in [0.717, 1.165) is 15.4 Å². The van der Waals surface area contributed by atoms with Crippen molar-refractivity contribution >= 4 is 50.7 Å². The van der Waals surface area contributed by atoms with E-state index in [-0.39, 0.29) is 33.1 Å². The lowest BCUT2D eigenvalue weighted by Crippen LogP contribution is -2.51. The fraction of sp³-hybridized carbons (Fsp3) is 0.259. The van der Waals surface area contributed by atoms with Gasteiger partial charge in [0.2, 0.25) is 11.8 Å². The Balaban J connectivity index is 2.02. The van der Waals surface area contributed by atoms with Crippen LogP contribution in [0.2, 0.25) is 10.0 Å². The molecule has 1 N–H and O–H groups in total. The minimum atomic E-state index is -4.22. The molecule has 0 aliphatic carbocycles. The zero-order valence-corrected chi connectivity index (χ0v) is 23.1. The van der Waals surface area contributed by atoms with E-state index in [9.17, 15) is 18.0 Å². The average Bonchev–Trinajstić information content (AvgIpc) is 2.89. The summed E-state index contributed by atoms with van der Waals surface area (Å²) in [5, 5.41) is 2.71. The molecule has 0 radical (unpaired) electrons. The predicted molar refractivity (Wildman–Crippen MR) is 148 cm³/mol. The van der Waals surface area contributed by atoms with E-state index >= 15 is 0 Å². The lowest BCUT2D eigenvalue weighted by Gasteiger charge is -2.32. The van der Waals surface area contributed by atoms with Crippen molar-refractivity contribution < 1.29 is 18.0 Å². The highest BCUT2D eigenvalue weighted by Gasteiger charge is 2.33. The normalized spacial score (nSPS) is 12.0. The van der Waals surface area contributed by atoms with E-state index in [1.807, 2.05) is 37.3 Å². The summed E-state index contributed by atoms with van der Waals surface area (Å²) in [6.07, 6.45) is 0.483. The van der Waals surface area contributed by atoms with Gasteiger partial charge in [-0.15, -0.1) is 0 Å². The van der Waals surface area contributed by atoms with Crippen LogP contribution in [0.5, 0.6) is 0 Å². The molecule has 1 atom stereocenters. The third kappa shape index (κ3) is 6.83. The van der Waals surface area contributed by atoms with Gasteiger partial charge >= 0.3 is 0 Å². The molecule has 2 amide bonds. The standard InChI is InChI=1S/C27H29Cl2N3O4S/c1-19-12-14-22(15-13-19)37(35,36)32(24-11-7-10-23(28)26(24)29)18-25(33)31(20(2)27(34)30-3)17-16-21-8-5-4-6-9-21/h4-15,20H,16-18H2,1-3H3,(H,30,34)/t20-/m0/s1. The summed E-state index contributed by atoms with van der Waals surface area (Å²) < 4.78 is 28.5. The van der Waals surface area contributed by atoms with Crippen LogP contribution in [-0.2, 0) is 26.0 Å². The number of likely N-dealkylation sites (N-methyl/N-ethyl adjacent to an activating group) is 1. The van der Waals surface area contributed by atoms with Crippen molar-refractivity contribution in [3.8, 4) is 0 Å². The number of halogens is 2. The SMILES string of the molecule is CNC(=O)[C@H](C)N(CCc1ccccc1)C(=O)CN(c1cccc(Cl)c1Cl)S(=O)(=O)c1ccc(C)cc1. The first-order valence-electron chi connectivity index (χ1n) is 11.6. The van der Waals surface area contributed by atoms with Gasteiger partial charge in [-0.05, 0) is 50.1 Å². The lowest BCUT2D eigenvalue weighted by atomic mass is 10.1. The number of sulfonamides is 1. The second-order valence-electron chi connectivity index (χ2n) is 8.51. The van der Waals surface area contributed by atoms with Crippen LogP contribution in [0.15, 0.2) is 77.7 Å². The van der Waals surface area contributed by atoms with Gasteiger partial charge in [0.1, 0.15) is 12.6 Å². The van der Waals surface area contributed by atoms with E-state index < -0.39 is 28.5 Å². The van der Waals surface area contributed by atoms with Gasteiger partial charge < -0.3 is 10.2 Å². The predicted octanol–water partition coefficient (Wildman–Crippen LogP) is 4.70. The Morgan fingerprint density at radius 2 is 1.59 bits per heavy atom. The Kier molecular flexibility index (Phi) is 9.59. The van der Waals surface area contributed by atoms with Gasteiger partial charge in [-0.25, -0.2) is 8.42 Å². The summed E-state index contributed by atoms with van der Waals surface area (Å²) in [7, 11) is -2.73. The summed E-state index contributed by atoms with van der Waals surface area (Å²) in [5.41, 5.74) is 1.93. The van der Waals surface area contributed by atoms with Gasteiger partial charge in [0.05, 0.1) is 20.6 Å². The molecule has 0 unspecified atom stereocenters. The molecule has 3 aromatic carbocycles. The number of carbonyl (C=O) groups excluding carboxylic acids is 2. The maximum Gasteiger partial charge on any atom is 0.264 e. The maximum atomic E-state index is 13.8. The molecule has 10 heteroatoms. The largest absolute Gasteiger partial charge is 0.357 e. The van der Waals surface area contributed by atoms with E-state index in [0.29, 0.717) is 6.42 Å². The molecule has 0 heterocycles. The molecular formula is C27H29Cl2N3O4S. The number of hydrogen-bond donors (Lipinski definition) is 1. The molecule has 196 valence electrons. The number of nitrogens with zero attached hydrogens (tertiary/aromatic N) is 2. The topological polar surface area (TPSA) is 86.8 Å². The number of aryl methyl sites for hydroxylation is 1. The van der Waals surface area contributed by atoms with E-state index in [2.05, 4.69) is 5.32 Å². The third-order valence-electron chi connectivity index (χ3n) is 5.99. The summed E-state index contributed by atoms with van der Waals surface area (Å²) in [6.45, 7) is 3.08. The van der Waals surface area contributed by atoms with Crippen molar-refractivity contribution in [2.24, 2.45) is 0 Å². The number of amides is 2. The summed E-state index contributed by atoms with van der Waals surface area (Å²) in [4.78, 5) is 27.6. The second-order valence-corrected chi connectivity index (χ2v) is 11.2. The first kappa shape index (κ1) is 28.5. The molecule has 3 rings (SSSR count). The average molecular weight is 563 g/mol. The first-order chi connectivity index (χ1) is 17.6. The highest BCUT2D eigenvalue weighted by molar-refractivity contribution is 7.92. The molecule has 37 heavy (non-hydrogen) atoms. The molecule has 0 aliphatic heterocycles. The molecule has 0 saturated heterocycles. The van der Waals surface area contributed by atoms with Crippen molar-refractivity contribution in [1.82, 2.24) is 10.2 Å². The number of carbonyl (C=O) groups is 2. The number of nitrogens with one attached hydrogen (secondary N) is 1. The zero-order chi connectivity index (χ0) is 27.2. The van der Waals surface area contributed by atoms with Gasteiger partial charge in [-0.3, -0.25) is 13.9 Å². The van der Waals surface area contributed by atoms with E-state index in [1.54, 1.807) is 25.1 Å². The number of anilines is 1. The number of rotatable bonds is 10. The molecule has 0 fully saturated rings. The van der Waals surface area contributed by atoms with Crippen LogP contribution in [0, 0.1) is 6.92 Å². The highest BCUT2D eigenvalue weighted by atomic mass is 35.5. The molecule has 3 aromatic rings. The fourth-order valence-corrected chi connectivity index (χ4v) is 5.69. The van der Waals surface area contributed by atoms with E-state index in [1.165, 1.54) is 36.2 Å². The second kappa shape index (κ2) is 12.4. The fourth-order valence-electron chi connectivity index (χ4n) is 3.81. The summed E-state index contributed by atoms with van der Waals surface area (Å²) in [5.74, 6) is -0.922. The van der Waals surface area contributed by atoms with Crippen LogP contribution in [0.25, 0.3) is 0 Å². The first-order valence-corrected chi connectivity index (χ1v) is 13.8. The van der Waals surface area contributed by atoms with Gasteiger partial charge in [-0.2, -0.15) is 0 Å². The van der Waals surface area contributed by atoms with Crippen molar-refractivity contribution in [3.63, 3.8) is 0 Å². The summed E-state index contributed by atoms with van der Waals surface area (Å²) in [6, 6.07) is 19.6. The molecular weight excluding hydrogens is 533 g/mol. The van der Waals surface area contributed by atoms with Gasteiger partial charge in [-0.1, -0.05) is 77.3 Å². The van der Waals surface area contributed by atoms with Crippen LogP contribution in [-0.4, -0.2) is 51.3 Å². The Hall–Kier alpha value is -3.07. The van der Waals surface area contributed by atoms with Crippen LogP contribution < -0.4 is 9.62 Å². The van der Waals surface area contributed by atoms with Crippen LogP contribution in [0.3, 0.4) is 0 Å². The smallest absolute Gasteiger partial charge is 0.264 e. The Morgan fingerprint density at radius 1 is 0.946 bits per heavy atom. The third-order valence-corrected chi connectivity index (χ3v) is 8.57. The minimum absolute atomic E-state index is 0.00263. The molecule has 0 aromatic heterocycles. The number of hydrogen-bond acceptors (Lipinski definition) is 4. The summed E-state index contributed by atoms with van der Waals surface area (Å²) >= 11 is 12.6. The van der Waals surface area contributed by atoms with Crippen molar-refractivity contribution in [3.05, 3.63) is 94.0 Å². The maximum absolute atomic E-state index is 13.8. The molecule has 0 saturated carbocycles. The quantitative estimate of drug-likeness (QED) is 0.388. The van der Waals surface area contributed by atoms with Crippen molar-refractivity contribution in [2.45, 2.75) is 31.2 Å². The minimum Gasteiger partial charge on any atom is -0.357 e. The van der Waals surface area contributed by atoms with Crippen molar-refractivity contribution in [1.29, 1.82) is 0 Å². The van der Waals surface area contributed by atoms with Crippen LogP contribution in [0.1, 0.15) is 18.1 Å². The van der Waals surface area contributed by atoms with Gasteiger partial charge in [0, 0.05) is 13.6 Å². The Labute approximate surface area is 228 Å². The van der Waals surface area contributed by atoms with Gasteiger partial charge in [0.25, 0.3) is 10.0 Å². The van der Waals surface area contributed by atoms with Crippen LogP contribution >= 0.6 is 23.2 Å². The van der Waals surface area contributed by atoms with Gasteiger partial charge in [0.15, 0.2) is 0 Å². The van der Waals surface area contributed by atoms with Crippen LogP contribution in [0.4, 0.5) is 5.69 Å².